The summed E-state index contributed by atoms with van der Waals surface area (Å²) in [6.45, 7) is 2.10. The normalized spacial score (nSPS) is 17.4. The van der Waals surface area contributed by atoms with E-state index in [1.54, 1.807) is 24.4 Å². The highest BCUT2D eigenvalue weighted by Crippen LogP contribution is 2.19. The highest BCUT2D eigenvalue weighted by Gasteiger charge is 2.10. The minimum absolute atomic E-state index is 0.0571. The molecule has 0 fully saturated rings. The second-order valence-electron chi connectivity index (χ2n) is 4.08. The van der Waals surface area contributed by atoms with Crippen LogP contribution in [0.25, 0.3) is 0 Å². The Kier molecular flexibility index (Phi) is 4.94. The molecule has 0 bridgehead atoms. The summed E-state index contributed by atoms with van der Waals surface area (Å²) in [5.74, 6) is 0.0571. The van der Waals surface area contributed by atoms with Gasteiger partial charge < -0.3 is 4.74 Å². The largest absolute Gasteiger partial charge is 0.444 e. The molecule has 0 saturated carbocycles. The van der Waals surface area contributed by atoms with Crippen LogP contribution in [0.2, 0.25) is 0 Å². The average molecular weight is 269 g/mol. The lowest BCUT2D eigenvalue weighted by molar-refractivity contribution is 0.170. The lowest BCUT2D eigenvalue weighted by Crippen LogP contribution is -2.06. The zero-order chi connectivity index (χ0) is 14.2. The van der Waals surface area contributed by atoms with Gasteiger partial charge >= 0.3 is 6.09 Å². The molecular formula is C15H15N3O2. The van der Waals surface area contributed by atoms with Crippen LogP contribution in [0.3, 0.4) is 0 Å². The Hall–Kier alpha value is -2.56. The van der Waals surface area contributed by atoms with Gasteiger partial charge in [0.1, 0.15) is 6.61 Å². The average Bonchev–Trinajstić information content (AvgIpc) is 2.49. The highest BCUT2D eigenvalue weighted by atomic mass is 16.5. The van der Waals surface area contributed by atoms with Crippen molar-refractivity contribution in [3.05, 3.63) is 60.5 Å². The van der Waals surface area contributed by atoms with Gasteiger partial charge in [0.15, 0.2) is 0 Å². The number of rotatable bonds is 3. The van der Waals surface area contributed by atoms with E-state index < -0.39 is 6.09 Å². The summed E-state index contributed by atoms with van der Waals surface area (Å²) in [5, 5.41) is 7.89. The fourth-order valence-electron chi connectivity index (χ4n) is 1.64. The van der Waals surface area contributed by atoms with E-state index in [4.69, 9.17) is 4.74 Å². The molecule has 0 aliphatic heterocycles. The minimum Gasteiger partial charge on any atom is -0.444 e. The third-order valence-corrected chi connectivity index (χ3v) is 2.64. The van der Waals surface area contributed by atoms with Crippen LogP contribution in [0.5, 0.6) is 0 Å². The fraction of sp³-hybridized carbons (Fsp3) is 0.200. The van der Waals surface area contributed by atoms with Gasteiger partial charge in [-0.1, -0.05) is 24.3 Å². The molecule has 1 aliphatic carbocycles. The summed E-state index contributed by atoms with van der Waals surface area (Å²) in [5.41, 5.74) is 1.42. The lowest BCUT2D eigenvalue weighted by Gasteiger charge is -2.09. The molecule has 1 aliphatic rings. The van der Waals surface area contributed by atoms with Gasteiger partial charge in [0.2, 0.25) is 0 Å². The molecule has 0 spiro atoms. The predicted octanol–water partition coefficient (Wildman–Crippen LogP) is 2.84. The number of carbonyl (C=O) groups is 1. The molecule has 5 nitrogen and oxygen atoms in total. The summed E-state index contributed by atoms with van der Waals surface area (Å²) in [6.07, 6.45) is 12.0. The Bertz CT molecular complexity index is 558. The van der Waals surface area contributed by atoms with E-state index in [0.717, 1.165) is 5.69 Å². The number of amides is 1. The molecule has 0 unspecified atom stereocenters. The van der Waals surface area contributed by atoms with Crippen LogP contribution in [0.1, 0.15) is 18.5 Å². The maximum atomic E-state index is 11.4. The maximum absolute atomic E-state index is 11.4. The second kappa shape index (κ2) is 7.13. The predicted molar refractivity (Wildman–Crippen MR) is 76.7 cm³/mol. The standard InChI is InChI=1S/C15H15N3O2/c1-2-3-11-20-15(19)17-13-8-6-12(7-9-13)14-5-4-10-16-18-14/h2-10,12H,11H2,1H3/b3-2+,17-13?. The third kappa shape index (κ3) is 3.98. The number of ether oxygens (including phenoxy) is 1. The van der Waals surface area contributed by atoms with Gasteiger partial charge in [-0.15, -0.1) is 0 Å². The maximum Gasteiger partial charge on any atom is 0.434 e. The number of allylic oxidation sites excluding steroid dienone is 5. The van der Waals surface area contributed by atoms with Crippen LogP contribution >= 0.6 is 0 Å². The van der Waals surface area contributed by atoms with E-state index in [9.17, 15) is 4.79 Å². The first-order chi connectivity index (χ1) is 9.79. The molecular weight excluding hydrogens is 254 g/mol. The van der Waals surface area contributed by atoms with E-state index in [-0.39, 0.29) is 12.5 Å². The Morgan fingerprint density at radius 2 is 2.25 bits per heavy atom. The minimum atomic E-state index is -0.592. The molecule has 5 heteroatoms. The molecule has 1 aromatic rings. The molecule has 0 N–H and O–H groups in total. The molecule has 0 aromatic carbocycles. The molecule has 102 valence electrons. The van der Waals surface area contributed by atoms with E-state index >= 15 is 0 Å². The second-order valence-corrected chi connectivity index (χ2v) is 4.08. The van der Waals surface area contributed by atoms with Crippen molar-refractivity contribution in [3.8, 4) is 0 Å². The zero-order valence-electron chi connectivity index (χ0n) is 11.1. The molecule has 0 atom stereocenters. The monoisotopic (exact) mass is 269 g/mol. The van der Waals surface area contributed by atoms with Gasteiger partial charge in [-0.25, -0.2) is 4.79 Å². The van der Waals surface area contributed by atoms with Crippen molar-refractivity contribution in [2.45, 2.75) is 12.8 Å². The molecule has 1 aromatic heterocycles. The van der Waals surface area contributed by atoms with Crippen molar-refractivity contribution in [1.29, 1.82) is 0 Å². The van der Waals surface area contributed by atoms with Crippen molar-refractivity contribution in [2.24, 2.45) is 4.99 Å². The van der Waals surface area contributed by atoms with Gasteiger partial charge in [-0.2, -0.15) is 15.2 Å². The van der Waals surface area contributed by atoms with Crippen molar-refractivity contribution >= 4 is 11.8 Å². The molecule has 1 amide bonds. The molecule has 2 rings (SSSR count). The highest BCUT2D eigenvalue weighted by molar-refractivity contribution is 6.09. The summed E-state index contributed by atoms with van der Waals surface area (Å²) in [7, 11) is 0. The first-order valence-electron chi connectivity index (χ1n) is 6.30. The van der Waals surface area contributed by atoms with Crippen LogP contribution < -0.4 is 0 Å². The van der Waals surface area contributed by atoms with Crippen LogP contribution in [0, 0.1) is 0 Å². The first kappa shape index (κ1) is 13.9. The van der Waals surface area contributed by atoms with Crippen molar-refractivity contribution < 1.29 is 9.53 Å². The van der Waals surface area contributed by atoms with Gasteiger partial charge in [0, 0.05) is 12.1 Å². The zero-order valence-corrected chi connectivity index (χ0v) is 11.1. The Morgan fingerprint density at radius 1 is 1.45 bits per heavy atom. The van der Waals surface area contributed by atoms with Crippen LogP contribution in [0.4, 0.5) is 4.79 Å². The molecule has 20 heavy (non-hydrogen) atoms. The number of hydrogen-bond donors (Lipinski definition) is 0. The van der Waals surface area contributed by atoms with Crippen LogP contribution in [-0.4, -0.2) is 28.6 Å². The molecule has 0 saturated heterocycles. The fourth-order valence-corrected chi connectivity index (χ4v) is 1.64. The van der Waals surface area contributed by atoms with E-state index in [1.165, 1.54) is 0 Å². The van der Waals surface area contributed by atoms with Gasteiger partial charge in [0.25, 0.3) is 0 Å². The van der Waals surface area contributed by atoms with Crippen molar-refractivity contribution in [3.63, 3.8) is 0 Å². The van der Waals surface area contributed by atoms with Gasteiger partial charge in [0.05, 0.1) is 11.4 Å². The quantitative estimate of drug-likeness (QED) is 0.791. The number of nitrogens with zero attached hydrogens (tertiary/aromatic N) is 3. The Balaban J connectivity index is 1.96. The molecule has 1 heterocycles. The number of carbonyl (C=O) groups excluding carboxylic acids is 1. The SMILES string of the molecule is C/C=C/COC(=O)N=C1C=CC(c2cccnn2)C=C1. The van der Waals surface area contributed by atoms with Gasteiger partial charge in [-0.3, -0.25) is 0 Å². The van der Waals surface area contributed by atoms with Crippen molar-refractivity contribution in [1.82, 2.24) is 10.2 Å². The van der Waals surface area contributed by atoms with Crippen molar-refractivity contribution in [2.75, 3.05) is 6.61 Å². The Labute approximate surface area is 117 Å². The first-order valence-corrected chi connectivity index (χ1v) is 6.30. The van der Waals surface area contributed by atoms with E-state index in [1.807, 2.05) is 37.3 Å². The summed E-state index contributed by atoms with van der Waals surface area (Å²) in [4.78, 5) is 15.3. The van der Waals surface area contributed by atoms with Crippen LogP contribution in [-0.2, 0) is 4.74 Å². The van der Waals surface area contributed by atoms with Gasteiger partial charge in [-0.05, 0) is 31.2 Å². The molecule has 0 radical (unpaired) electrons. The van der Waals surface area contributed by atoms with E-state index in [0.29, 0.717) is 5.71 Å². The topological polar surface area (TPSA) is 64.4 Å². The number of hydrogen-bond acceptors (Lipinski definition) is 4. The summed E-state index contributed by atoms with van der Waals surface area (Å²) >= 11 is 0. The summed E-state index contributed by atoms with van der Waals surface area (Å²) < 4.78 is 4.89. The van der Waals surface area contributed by atoms with Crippen LogP contribution in [0.15, 0.2) is 59.8 Å². The lowest BCUT2D eigenvalue weighted by atomic mass is 9.99. The number of aliphatic imine (C=N–C) groups is 1. The van der Waals surface area contributed by atoms with E-state index in [2.05, 4.69) is 15.2 Å². The Morgan fingerprint density at radius 3 is 2.90 bits per heavy atom. The summed E-state index contributed by atoms with van der Waals surface area (Å²) in [6, 6.07) is 3.74. The number of aromatic nitrogens is 2. The third-order valence-electron chi connectivity index (χ3n) is 2.64. The smallest absolute Gasteiger partial charge is 0.434 e.